The van der Waals surface area contributed by atoms with Crippen LogP contribution in [0.5, 0.6) is 0 Å². The van der Waals surface area contributed by atoms with Crippen molar-refractivity contribution in [2.24, 2.45) is 0 Å². The third-order valence-electron chi connectivity index (χ3n) is 1.55. The van der Waals surface area contributed by atoms with Gasteiger partial charge in [-0.1, -0.05) is 5.16 Å². The van der Waals surface area contributed by atoms with E-state index in [-0.39, 0.29) is 0 Å². The van der Waals surface area contributed by atoms with Crippen LogP contribution in [0.15, 0.2) is 17.0 Å². The molecule has 0 atom stereocenters. The first-order valence-corrected chi connectivity index (χ1v) is 3.52. The second-order valence-electron chi connectivity index (χ2n) is 2.05. The molecule has 0 saturated heterocycles. The normalized spacial score (nSPS) is 9.80. The maximum atomic E-state index is 4.71. The summed E-state index contributed by atoms with van der Waals surface area (Å²) in [4.78, 5) is 2.18. The van der Waals surface area contributed by atoms with Gasteiger partial charge in [-0.15, -0.1) is 0 Å². The van der Waals surface area contributed by atoms with Gasteiger partial charge in [-0.05, 0) is 13.8 Å². The minimum absolute atomic E-state index is 0.998. The molecule has 0 bridgehead atoms. The van der Waals surface area contributed by atoms with E-state index in [0.29, 0.717) is 0 Å². The maximum Gasteiger partial charge on any atom is 0.147 e. The van der Waals surface area contributed by atoms with Crippen LogP contribution in [0.1, 0.15) is 13.8 Å². The molecule has 1 heterocycles. The van der Waals surface area contributed by atoms with Crippen molar-refractivity contribution >= 4 is 5.69 Å². The quantitative estimate of drug-likeness (QED) is 0.637. The van der Waals surface area contributed by atoms with Crippen LogP contribution in [0, 0.1) is 0 Å². The smallest absolute Gasteiger partial charge is 0.147 e. The van der Waals surface area contributed by atoms with Gasteiger partial charge in [0.15, 0.2) is 0 Å². The Kier molecular flexibility index (Phi) is 2.31. The van der Waals surface area contributed by atoms with E-state index in [1.165, 1.54) is 0 Å². The highest BCUT2D eigenvalue weighted by atomic mass is 16.5. The van der Waals surface area contributed by atoms with Gasteiger partial charge in [0.1, 0.15) is 6.26 Å². The fourth-order valence-corrected chi connectivity index (χ4v) is 0.944. The van der Waals surface area contributed by atoms with Crippen LogP contribution >= 0.6 is 0 Å². The fourth-order valence-electron chi connectivity index (χ4n) is 0.944. The van der Waals surface area contributed by atoms with Gasteiger partial charge in [-0.2, -0.15) is 0 Å². The van der Waals surface area contributed by atoms with Crippen molar-refractivity contribution in [3.05, 3.63) is 12.5 Å². The van der Waals surface area contributed by atoms with Crippen LogP contribution in [0.25, 0.3) is 0 Å². The van der Waals surface area contributed by atoms with E-state index in [2.05, 4.69) is 23.9 Å². The Morgan fingerprint density at radius 3 is 2.60 bits per heavy atom. The molecule has 1 aromatic heterocycles. The molecule has 0 aliphatic heterocycles. The summed E-state index contributed by atoms with van der Waals surface area (Å²) in [5, 5.41) is 3.62. The van der Waals surface area contributed by atoms with Crippen molar-refractivity contribution in [3.8, 4) is 0 Å². The van der Waals surface area contributed by atoms with Crippen LogP contribution in [-0.4, -0.2) is 18.2 Å². The Bertz CT molecular complexity index is 168. The molecule has 0 amide bonds. The zero-order chi connectivity index (χ0) is 7.40. The number of hydrogen-bond donors (Lipinski definition) is 0. The van der Waals surface area contributed by atoms with Crippen molar-refractivity contribution < 1.29 is 4.52 Å². The van der Waals surface area contributed by atoms with Gasteiger partial charge >= 0.3 is 0 Å². The second-order valence-corrected chi connectivity index (χ2v) is 2.05. The molecule has 3 nitrogen and oxygen atoms in total. The topological polar surface area (TPSA) is 29.3 Å². The summed E-state index contributed by atoms with van der Waals surface area (Å²) in [5.41, 5.74) is 1.06. The van der Waals surface area contributed by atoms with Crippen LogP contribution in [0.4, 0.5) is 5.69 Å². The largest absolute Gasteiger partial charge is 0.368 e. The van der Waals surface area contributed by atoms with Gasteiger partial charge < -0.3 is 9.42 Å². The summed E-state index contributed by atoms with van der Waals surface area (Å²) in [6.45, 7) is 6.21. The Hall–Kier alpha value is -0.990. The highest BCUT2D eigenvalue weighted by Gasteiger charge is 2.01. The van der Waals surface area contributed by atoms with E-state index in [9.17, 15) is 0 Å². The molecule has 0 spiro atoms. The van der Waals surface area contributed by atoms with Gasteiger partial charge in [-0.25, -0.2) is 0 Å². The number of nitrogens with zero attached hydrogens (tertiary/aromatic N) is 2. The standard InChI is InChI=1S/C7H12N2O/c1-3-9(4-2)7-5-8-10-6-7/h5-6H,3-4H2,1-2H3. The van der Waals surface area contributed by atoms with Crippen LogP contribution in [0.3, 0.4) is 0 Å². The molecule has 0 radical (unpaired) electrons. The second kappa shape index (κ2) is 3.25. The van der Waals surface area contributed by atoms with Gasteiger partial charge in [0, 0.05) is 13.1 Å². The Morgan fingerprint density at radius 1 is 1.50 bits per heavy atom. The lowest BCUT2D eigenvalue weighted by atomic mass is 10.4. The van der Waals surface area contributed by atoms with Gasteiger partial charge in [0.25, 0.3) is 0 Å². The van der Waals surface area contributed by atoms with Crippen molar-refractivity contribution in [1.29, 1.82) is 0 Å². The van der Waals surface area contributed by atoms with Crippen molar-refractivity contribution in [2.75, 3.05) is 18.0 Å². The molecular weight excluding hydrogens is 128 g/mol. The zero-order valence-corrected chi connectivity index (χ0v) is 6.37. The average Bonchev–Trinajstić information content (AvgIpc) is 2.43. The Balaban J connectivity index is 2.64. The lowest BCUT2D eigenvalue weighted by Gasteiger charge is -2.16. The van der Waals surface area contributed by atoms with E-state index >= 15 is 0 Å². The summed E-state index contributed by atoms with van der Waals surface area (Å²) in [6.07, 6.45) is 3.39. The molecule has 0 aliphatic rings. The van der Waals surface area contributed by atoms with Crippen LogP contribution < -0.4 is 4.90 Å². The summed E-state index contributed by atoms with van der Waals surface area (Å²) in [6, 6.07) is 0. The first-order chi connectivity index (χ1) is 4.88. The average molecular weight is 140 g/mol. The molecule has 0 N–H and O–H groups in total. The zero-order valence-electron chi connectivity index (χ0n) is 6.37. The molecule has 0 aliphatic carbocycles. The summed E-state index contributed by atoms with van der Waals surface area (Å²) >= 11 is 0. The molecule has 1 aromatic rings. The highest BCUT2D eigenvalue weighted by molar-refractivity contribution is 5.40. The number of rotatable bonds is 3. The van der Waals surface area contributed by atoms with Gasteiger partial charge in [-0.3, -0.25) is 0 Å². The van der Waals surface area contributed by atoms with E-state index in [1.807, 2.05) is 0 Å². The minimum Gasteiger partial charge on any atom is -0.368 e. The highest BCUT2D eigenvalue weighted by Crippen LogP contribution is 2.10. The SMILES string of the molecule is CCN(CC)c1cnoc1. The van der Waals surface area contributed by atoms with E-state index in [1.54, 1.807) is 12.5 Å². The van der Waals surface area contributed by atoms with Crippen LogP contribution in [0.2, 0.25) is 0 Å². The number of aromatic nitrogens is 1. The number of hydrogen-bond acceptors (Lipinski definition) is 3. The lowest BCUT2D eigenvalue weighted by molar-refractivity contribution is 0.419. The molecule has 0 unspecified atom stereocenters. The Morgan fingerprint density at radius 2 is 2.20 bits per heavy atom. The predicted octanol–water partition coefficient (Wildman–Crippen LogP) is 1.52. The first kappa shape index (κ1) is 7.12. The van der Waals surface area contributed by atoms with Gasteiger partial charge in [0.2, 0.25) is 0 Å². The molecule has 56 valence electrons. The molecular formula is C7H12N2O. The minimum atomic E-state index is 0.998. The molecule has 0 fully saturated rings. The monoisotopic (exact) mass is 140 g/mol. The van der Waals surface area contributed by atoms with Crippen molar-refractivity contribution in [1.82, 2.24) is 5.16 Å². The maximum absolute atomic E-state index is 4.71. The van der Waals surface area contributed by atoms with Gasteiger partial charge in [0.05, 0.1) is 11.9 Å². The third kappa shape index (κ3) is 1.29. The fraction of sp³-hybridized carbons (Fsp3) is 0.571. The van der Waals surface area contributed by atoms with Crippen molar-refractivity contribution in [2.45, 2.75) is 13.8 Å². The third-order valence-corrected chi connectivity index (χ3v) is 1.55. The lowest BCUT2D eigenvalue weighted by Crippen LogP contribution is -2.20. The molecule has 0 aromatic carbocycles. The summed E-state index contributed by atoms with van der Waals surface area (Å²) in [5.74, 6) is 0. The molecule has 3 heteroatoms. The van der Waals surface area contributed by atoms with E-state index < -0.39 is 0 Å². The van der Waals surface area contributed by atoms with Crippen molar-refractivity contribution in [3.63, 3.8) is 0 Å². The summed E-state index contributed by atoms with van der Waals surface area (Å²) < 4.78 is 4.71. The van der Waals surface area contributed by atoms with E-state index in [4.69, 9.17) is 4.52 Å². The van der Waals surface area contributed by atoms with Crippen LogP contribution in [-0.2, 0) is 0 Å². The Labute approximate surface area is 60.6 Å². The summed E-state index contributed by atoms with van der Waals surface area (Å²) in [7, 11) is 0. The predicted molar refractivity (Wildman–Crippen MR) is 40.1 cm³/mol. The number of anilines is 1. The van der Waals surface area contributed by atoms with E-state index in [0.717, 1.165) is 18.8 Å². The molecule has 10 heavy (non-hydrogen) atoms. The molecule has 0 saturated carbocycles. The first-order valence-electron chi connectivity index (χ1n) is 3.52. The molecule has 1 rings (SSSR count).